The van der Waals surface area contributed by atoms with E-state index in [1.54, 1.807) is 0 Å². The summed E-state index contributed by atoms with van der Waals surface area (Å²) in [5, 5.41) is 9.50. The minimum Gasteiger partial charge on any atom is -0.653 e. The molecule has 0 aliphatic heterocycles. The van der Waals surface area contributed by atoms with Crippen molar-refractivity contribution in [3.05, 3.63) is 0 Å². The summed E-state index contributed by atoms with van der Waals surface area (Å²) < 4.78 is 0. The smallest absolute Gasteiger partial charge is 0.104 e. The highest BCUT2D eigenvalue weighted by molar-refractivity contribution is 4.98. The van der Waals surface area contributed by atoms with Crippen LogP contribution in [0.25, 0.3) is 0 Å². The van der Waals surface area contributed by atoms with E-state index < -0.39 is 0 Å². The second-order valence-corrected chi connectivity index (χ2v) is 2.66. The van der Waals surface area contributed by atoms with Gasteiger partial charge in [-0.3, -0.25) is 0 Å². The van der Waals surface area contributed by atoms with Crippen LogP contribution in [0.5, 0.6) is 0 Å². The second-order valence-electron chi connectivity index (χ2n) is 2.66. The molecule has 1 saturated carbocycles. The van der Waals surface area contributed by atoms with Gasteiger partial charge in [0.05, 0.1) is 0 Å². The van der Waals surface area contributed by atoms with Gasteiger partial charge in [0.25, 0.3) is 0 Å². The first-order valence-electron chi connectivity index (χ1n) is 3.73. The van der Waals surface area contributed by atoms with Crippen LogP contribution < -0.4 is 5.26 Å². The molecule has 1 fully saturated rings. The van der Waals surface area contributed by atoms with Crippen LogP contribution in [0.1, 0.15) is 32.1 Å². The van der Waals surface area contributed by atoms with Crippen molar-refractivity contribution in [2.24, 2.45) is 5.92 Å². The summed E-state index contributed by atoms with van der Waals surface area (Å²) >= 11 is 0. The van der Waals surface area contributed by atoms with Gasteiger partial charge in [0.2, 0.25) is 0 Å². The maximum atomic E-state index is 9.50. The zero-order valence-electron chi connectivity index (χ0n) is 5.93. The Morgan fingerprint density at radius 1 is 1.20 bits per heavy atom. The maximum absolute atomic E-state index is 9.50. The second kappa shape index (κ2) is 4.19. The Morgan fingerprint density at radius 2 is 1.90 bits per heavy atom. The van der Waals surface area contributed by atoms with Gasteiger partial charge >= 0.3 is 0 Å². The van der Waals surface area contributed by atoms with Crippen LogP contribution in [0.15, 0.2) is 0 Å². The molecular formula is C8H11O2-. The third-order valence-electron chi connectivity index (χ3n) is 1.91. The zero-order chi connectivity index (χ0) is 7.23. The fraction of sp³-hybridized carbons (Fsp3) is 0.750. The van der Waals surface area contributed by atoms with E-state index in [2.05, 4.69) is 16.9 Å². The van der Waals surface area contributed by atoms with Gasteiger partial charge in [-0.1, -0.05) is 25.2 Å². The third kappa shape index (κ3) is 2.28. The van der Waals surface area contributed by atoms with Crippen molar-refractivity contribution in [3.63, 3.8) is 0 Å². The van der Waals surface area contributed by atoms with Gasteiger partial charge in [-0.15, -0.1) is 0 Å². The molecule has 0 spiro atoms. The lowest BCUT2D eigenvalue weighted by atomic mass is 9.90. The Hall–Kier alpha value is -0.680. The zero-order valence-corrected chi connectivity index (χ0v) is 5.93. The average molecular weight is 139 g/mol. The van der Waals surface area contributed by atoms with Crippen LogP contribution in [-0.4, -0.2) is 0 Å². The predicted octanol–water partition coefficient (Wildman–Crippen LogP) is 0.819. The van der Waals surface area contributed by atoms with Crippen LogP contribution in [0.2, 0.25) is 0 Å². The van der Waals surface area contributed by atoms with Crippen LogP contribution in [-0.2, 0) is 4.89 Å². The summed E-state index contributed by atoms with van der Waals surface area (Å²) in [7, 11) is 0. The first-order chi connectivity index (χ1) is 4.93. The molecule has 2 nitrogen and oxygen atoms in total. The molecule has 0 aromatic heterocycles. The highest BCUT2D eigenvalue weighted by Gasteiger charge is 2.09. The van der Waals surface area contributed by atoms with E-state index in [1.807, 2.05) is 0 Å². The Balaban J connectivity index is 2.25. The molecule has 1 aliphatic rings. The van der Waals surface area contributed by atoms with Gasteiger partial charge in [-0.25, -0.2) is 0 Å². The van der Waals surface area contributed by atoms with Crippen molar-refractivity contribution in [1.82, 2.24) is 0 Å². The maximum Gasteiger partial charge on any atom is 0.104 e. The molecule has 0 aromatic rings. The van der Waals surface area contributed by atoms with Crippen molar-refractivity contribution in [2.45, 2.75) is 32.1 Å². The van der Waals surface area contributed by atoms with Crippen molar-refractivity contribution in [2.75, 3.05) is 0 Å². The highest BCUT2D eigenvalue weighted by Crippen LogP contribution is 2.22. The summed E-state index contributed by atoms with van der Waals surface area (Å²) in [6.45, 7) is 0. The summed E-state index contributed by atoms with van der Waals surface area (Å²) in [6.07, 6.45) is 8.20. The SMILES string of the molecule is [O-]OC#CC1CCCCC1. The van der Waals surface area contributed by atoms with Crippen LogP contribution in [0, 0.1) is 17.9 Å². The van der Waals surface area contributed by atoms with Crippen LogP contribution in [0.4, 0.5) is 0 Å². The molecule has 1 aliphatic carbocycles. The molecule has 0 aromatic carbocycles. The van der Waals surface area contributed by atoms with E-state index in [0.717, 1.165) is 12.8 Å². The highest BCUT2D eigenvalue weighted by atomic mass is 17.1. The molecule has 0 saturated heterocycles. The topological polar surface area (TPSA) is 32.3 Å². The Bertz CT molecular complexity index is 137. The molecule has 0 N–H and O–H groups in total. The normalized spacial score (nSPS) is 19.3. The standard InChI is InChI=1S/C8H12O2/c9-10-7-6-8-4-2-1-3-5-8/h8-9H,1-5H2/p-1. The number of hydrogen-bond acceptors (Lipinski definition) is 2. The minimum absolute atomic E-state index is 0.419. The predicted molar refractivity (Wildman–Crippen MR) is 35.4 cm³/mol. The van der Waals surface area contributed by atoms with Crippen molar-refractivity contribution in [1.29, 1.82) is 0 Å². The van der Waals surface area contributed by atoms with Gasteiger partial charge in [0.1, 0.15) is 6.11 Å². The minimum atomic E-state index is 0.419. The third-order valence-corrected chi connectivity index (χ3v) is 1.91. The average Bonchev–Trinajstić information content (AvgIpc) is 2.03. The number of hydrogen-bond donors (Lipinski definition) is 0. The molecule has 0 amide bonds. The van der Waals surface area contributed by atoms with E-state index in [1.165, 1.54) is 19.3 Å². The number of rotatable bonds is 0. The lowest BCUT2D eigenvalue weighted by molar-refractivity contribution is -0.658. The van der Waals surface area contributed by atoms with E-state index >= 15 is 0 Å². The van der Waals surface area contributed by atoms with Gasteiger partial charge in [0.15, 0.2) is 0 Å². The Morgan fingerprint density at radius 3 is 2.50 bits per heavy atom. The van der Waals surface area contributed by atoms with Crippen molar-refractivity contribution < 1.29 is 10.1 Å². The molecule has 2 heteroatoms. The molecular weight excluding hydrogens is 128 g/mol. The Labute approximate surface area is 61.1 Å². The summed E-state index contributed by atoms with van der Waals surface area (Å²) in [5.41, 5.74) is 0. The van der Waals surface area contributed by atoms with E-state index in [0.29, 0.717) is 5.92 Å². The fourth-order valence-electron chi connectivity index (χ4n) is 1.35. The fourth-order valence-corrected chi connectivity index (χ4v) is 1.35. The molecule has 0 radical (unpaired) electrons. The molecule has 0 atom stereocenters. The summed E-state index contributed by atoms with van der Waals surface area (Å²) in [5.74, 6) is 3.21. The van der Waals surface area contributed by atoms with Gasteiger partial charge in [0, 0.05) is 5.92 Å². The Kier molecular flexibility index (Phi) is 3.11. The summed E-state index contributed by atoms with van der Waals surface area (Å²) in [4.78, 5) is 3.43. The van der Waals surface area contributed by atoms with Gasteiger partial charge in [-0.2, -0.15) is 0 Å². The van der Waals surface area contributed by atoms with Crippen molar-refractivity contribution >= 4 is 0 Å². The van der Waals surface area contributed by atoms with Gasteiger partial charge < -0.3 is 10.1 Å². The first kappa shape index (κ1) is 7.43. The molecule has 10 heavy (non-hydrogen) atoms. The molecule has 0 heterocycles. The van der Waals surface area contributed by atoms with Crippen molar-refractivity contribution in [3.8, 4) is 12.0 Å². The van der Waals surface area contributed by atoms with E-state index in [-0.39, 0.29) is 0 Å². The van der Waals surface area contributed by atoms with Gasteiger partial charge in [-0.05, 0) is 12.8 Å². The molecule has 56 valence electrons. The molecule has 0 bridgehead atoms. The summed E-state index contributed by atoms with van der Waals surface area (Å²) in [6, 6.07) is 0. The largest absolute Gasteiger partial charge is 0.653 e. The first-order valence-corrected chi connectivity index (χ1v) is 3.73. The monoisotopic (exact) mass is 139 g/mol. The van der Waals surface area contributed by atoms with E-state index in [9.17, 15) is 5.26 Å². The lowest BCUT2D eigenvalue weighted by Gasteiger charge is -2.15. The molecule has 1 rings (SSSR count). The van der Waals surface area contributed by atoms with Crippen LogP contribution in [0.3, 0.4) is 0 Å². The van der Waals surface area contributed by atoms with Crippen LogP contribution >= 0.6 is 0 Å². The lowest BCUT2D eigenvalue weighted by Crippen LogP contribution is -2.04. The molecule has 0 unspecified atom stereocenters. The van der Waals surface area contributed by atoms with E-state index in [4.69, 9.17) is 0 Å². The quantitative estimate of drug-likeness (QED) is 0.283.